The number of aromatic hydroxyl groups is 1. The molecule has 162 valence electrons. The average molecular weight is 441 g/mol. The van der Waals surface area contributed by atoms with Crippen molar-refractivity contribution in [3.05, 3.63) is 70.5 Å². The normalized spacial score (nSPS) is 11.5. The van der Waals surface area contributed by atoms with Crippen molar-refractivity contribution in [3.8, 4) is 28.4 Å². The van der Waals surface area contributed by atoms with E-state index in [2.05, 4.69) is 15.2 Å². The van der Waals surface area contributed by atoms with E-state index in [4.69, 9.17) is 13.6 Å². The molecule has 0 saturated heterocycles. The van der Waals surface area contributed by atoms with Crippen LogP contribution in [-0.4, -0.2) is 33.4 Å². The van der Waals surface area contributed by atoms with E-state index in [9.17, 15) is 14.7 Å². The second-order valence-corrected chi connectivity index (χ2v) is 7.46. The highest BCUT2D eigenvalue weighted by molar-refractivity contribution is 6.14. The fourth-order valence-corrected chi connectivity index (χ4v) is 3.98. The SMILES string of the molecule is COC(=O)c1ccc(-c2ccc(-c3c4c[nH][nH]c4nc4c3oc3c(O)c(=O)ccc34)o2)cc1. The molecule has 2 aromatic carbocycles. The maximum Gasteiger partial charge on any atom is 0.337 e. The first kappa shape index (κ1) is 18.9. The van der Waals surface area contributed by atoms with E-state index in [0.29, 0.717) is 50.2 Å². The first-order valence-electron chi connectivity index (χ1n) is 9.98. The quantitative estimate of drug-likeness (QED) is 0.342. The van der Waals surface area contributed by atoms with Gasteiger partial charge < -0.3 is 23.8 Å². The molecule has 4 heterocycles. The Morgan fingerprint density at radius 3 is 2.55 bits per heavy atom. The van der Waals surface area contributed by atoms with Crippen molar-refractivity contribution >= 4 is 39.1 Å². The predicted octanol–water partition coefficient (Wildman–Crippen LogP) is 4.57. The number of ether oxygens (including phenoxy) is 1. The standard InChI is InChI=1S/C24H15N3O6/c1-31-24(30)12-4-2-11(3-5-12)16-8-9-17(32-16)18-14-10-25-27-23(14)26-19-13-6-7-15(28)20(29)21(13)33-22(18)19/h2-10,29H,1H3,(H2,25,26,27). The number of hydrogen-bond donors (Lipinski definition) is 3. The fourth-order valence-electron chi connectivity index (χ4n) is 3.98. The minimum absolute atomic E-state index is 0.0769. The minimum Gasteiger partial charge on any atom is -0.502 e. The number of phenols is 1. The number of fused-ring (bicyclic) bond motifs is 4. The molecule has 9 heteroatoms. The Hall–Kier alpha value is -4.79. The molecule has 0 amide bonds. The molecule has 33 heavy (non-hydrogen) atoms. The van der Waals surface area contributed by atoms with Crippen LogP contribution in [0.5, 0.6) is 5.75 Å². The van der Waals surface area contributed by atoms with E-state index in [0.717, 1.165) is 5.56 Å². The maximum atomic E-state index is 11.9. The smallest absolute Gasteiger partial charge is 0.337 e. The van der Waals surface area contributed by atoms with Crippen molar-refractivity contribution < 1.29 is 23.5 Å². The van der Waals surface area contributed by atoms with Crippen molar-refractivity contribution in [2.75, 3.05) is 7.11 Å². The number of esters is 1. The molecule has 0 bridgehead atoms. The number of furan rings is 2. The van der Waals surface area contributed by atoms with Gasteiger partial charge in [-0.25, -0.2) is 9.78 Å². The third-order valence-corrected chi connectivity index (χ3v) is 5.59. The fraction of sp³-hybridized carbons (Fsp3) is 0.0417. The highest BCUT2D eigenvalue weighted by Gasteiger charge is 2.23. The van der Waals surface area contributed by atoms with Gasteiger partial charge in [-0.05, 0) is 36.4 Å². The summed E-state index contributed by atoms with van der Waals surface area (Å²) in [6.07, 6.45) is 1.73. The molecule has 0 spiro atoms. The van der Waals surface area contributed by atoms with Gasteiger partial charge in [-0.15, -0.1) is 0 Å². The number of carbonyl (C=O) groups excluding carboxylic acids is 1. The van der Waals surface area contributed by atoms with E-state index in [-0.39, 0.29) is 5.58 Å². The van der Waals surface area contributed by atoms with Crippen LogP contribution in [0.15, 0.2) is 68.4 Å². The number of rotatable bonds is 3. The number of pyridine rings is 1. The summed E-state index contributed by atoms with van der Waals surface area (Å²) in [5.74, 6) is 0.215. The summed E-state index contributed by atoms with van der Waals surface area (Å²) < 4.78 is 16.8. The van der Waals surface area contributed by atoms with Gasteiger partial charge in [-0.2, -0.15) is 0 Å². The lowest BCUT2D eigenvalue weighted by atomic mass is 10.1. The number of phenolic OH excluding ortho intramolecular Hbond substituents is 1. The molecule has 4 aromatic heterocycles. The summed E-state index contributed by atoms with van der Waals surface area (Å²) in [7, 11) is 1.33. The zero-order chi connectivity index (χ0) is 22.7. The first-order chi connectivity index (χ1) is 16.0. The van der Waals surface area contributed by atoms with Gasteiger partial charge in [0, 0.05) is 11.8 Å². The van der Waals surface area contributed by atoms with E-state index in [1.165, 1.54) is 13.2 Å². The van der Waals surface area contributed by atoms with Crippen molar-refractivity contribution in [1.82, 2.24) is 15.2 Å². The second-order valence-electron chi connectivity index (χ2n) is 7.46. The van der Waals surface area contributed by atoms with Gasteiger partial charge in [0.05, 0.1) is 29.0 Å². The summed E-state index contributed by atoms with van der Waals surface area (Å²) in [6.45, 7) is 0. The molecule has 0 fully saturated rings. The summed E-state index contributed by atoms with van der Waals surface area (Å²) in [5.41, 5.74) is 2.81. The summed E-state index contributed by atoms with van der Waals surface area (Å²) in [5, 5.41) is 17.4. The molecule has 0 radical (unpaired) electrons. The number of hydrogen-bond acceptors (Lipinski definition) is 7. The molecular weight excluding hydrogens is 426 g/mol. The van der Waals surface area contributed by atoms with Gasteiger partial charge in [0.15, 0.2) is 16.8 Å². The highest BCUT2D eigenvalue weighted by Crippen LogP contribution is 2.41. The Morgan fingerprint density at radius 1 is 0.970 bits per heavy atom. The molecule has 0 aliphatic carbocycles. The van der Waals surface area contributed by atoms with Crippen LogP contribution >= 0.6 is 0 Å². The number of nitrogens with zero attached hydrogens (tertiary/aromatic N) is 1. The molecular formula is C24H15N3O6. The molecule has 9 nitrogen and oxygen atoms in total. The molecule has 0 unspecified atom stereocenters. The Balaban J connectivity index is 1.56. The van der Waals surface area contributed by atoms with Crippen LogP contribution in [0.1, 0.15) is 10.4 Å². The molecule has 0 saturated carbocycles. The Kier molecular flexibility index (Phi) is 3.94. The van der Waals surface area contributed by atoms with Gasteiger partial charge in [0.25, 0.3) is 0 Å². The summed E-state index contributed by atoms with van der Waals surface area (Å²) in [4.78, 5) is 28.2. The van der Waals surface area contributed by atoms with Crippen LogP contribution in [-0.2, 0) is 4.74 Å². The first-order valence-corrected chi connectivity index (χ1v) is 9.98. The van der Waals surface area contributed by atoms with E-state index < -0.39 is 17.1 Å². The lowest BCUT2D eigenvalue weighted by Gasteiger charge is -2.03. The molecule has 6 rings (SSSR count). The van der Waals surface area contributed by atoms with Crippen LogP contribution in [0.2, 0.25) is 0 Å². The Labute approximate surface area is 184 Å². The van der Waals surface area contributed by atoms with Crippen LogP contribution in [0.3, 0.4) is 0 Å². The number of aromatic amines is 2. The van der Waals surface area contributed by atoms with Crippen LogP contribution < -0.4 is 5.43 Å². The van der Waals surface area contributed by atoms with Gasteiger partial charge in [-0.3, -0.25) is 9.89 Å². The monoisotopic (exact) mass is 441 g/mol. The van der Waals surface area contributed by atoms with Crippen LogP contribution in [0, 0.1) is 0 Å². The number of nitrogens with one attached hydrogen (secondary N) is 2. The molecule has 0 atom stereocenters. The molecule has 0 aliphatic heterocycles. The molecule has 3 N–H and O–H groups in total. The largest absolute Gasteiger partial charge is 0.502 e. The number of methoxy groups -OCH3 is 1. The van der Waals surface area contributed by atoms with Crippen molar-refractivity contribution in [2.24, 2.45) is 0 Å². The molecule has 6 aromatic rings. The number of benzene rings is 2. The highest BCUT2D eigenvalue weighted by atomic mass is 16.5. The maximum absolute atomic E-state index is 11.9. The van der Waals surface area contributed by atoms with Gasteiger partial charge in [0.1, 0.15) is 17.0 Å². The third-order valence-electron chi connectivity index (χ3n) is 5.59. The van der Waals surface area contributed by atoms with Crippen molar-refractivity contribution in [1.29, 1.82) is 0 Å². The Morgan fingerprint density at radius 2 is 1.76 bits per heavy atom. The minimum atomic E-state index is -0.530. The molecule has 0 aliphatic rings. The van der Waals surface area contributed by atoms with E-state index in [1.807, 2.05) is 6.07 Å². The predicted molar refractivity (Wildman–Crippen MR) is 120 cm³/mol. The lowest BCUT2D eigenvalue weighted by molar-refractivity contribution is 0.0600. The third kappa shape index (κ3) is 2.76. The van der Waals surface area contributed by atoms with Gasteiger partial charge in [-0.1, -0.05) is 12.1 Å². The summed E-state index contributed by atoms with van der Waals surface area (Å²) in [6, 6.07) is 13.3. The zero-order valence-corrected chi connectivity index (χ0v) is 17.1. The number of aromatic nitrogens is 3. The van der Waals surface area contributed by atoms with Crippen LogP contribution in [0.4, 0.5) is 0 Å². The number of H-pyrrole nitrogens is 2. The van der Waals surface area contributed by atoms with Crippen molar-refractivity contribution in [3.63, 3.8) is 0 Å². The van der Waals surface area contributed by atoms with Gasteiger partial charge in [0.2, 0.25) is 11.2 Å². The van der Waals surface area contributed by atoms with Crippen LogP contribution in [0.25, 0.3) is 55.7 Å². The second kappa shape index (κ2) is 6.86. The van der Waals surface area contributed by atoms with Crippen molar-refractivity contribution in [2.45, 2.75) is 0 Å². The topological polar surface area (TPSA) is 134 Å². The average Bonchev–Trinajstić information content (AvgIpc) is 3.58. The van der Waals surface area contributed by atoms with Gasteiger partial charge >= 0.3 is 5.97 Å². The van der Waals surface area contributed by atoms with E-state index in [1.54, 1.807) is 42.6 Å². The zero-order valence-electron chi connectivity index (χ0n) is 17.1. The lowest BCUT2D eigenvalue weighted by Crippen LogP contribution is -2.00. The Bertz CT molecular complexity index is 1750. The van der Waals surface area contributed by atoms with E-state index >= 15 is 0 Å². The number of carbonyl (C=O) groups is 1. The summed E-state index contributed by atoms with van der Waals surface area (Å²) >= 11 is 0.